The highest BCUT2D eigenvalue weighted by atomic mass is 16.3. The molecule has 5 heteroatoms. The zero-order valence-corrected chi connectivity index (χ0v) is 6.94. The highest BCUT2D eigenvalue weighted by Crippen LogP contribution is 2.20. The minimum absolute atomic E-state index is 0.160. The first-order valence-corrected chi connectivity index (χ1v) is 4.02. The Kier molecular flexibility index (Phi) is 1.82. The predicted octanol–water partition coefficient (Wildman–Crippen LogP) is -0.790. The molecule has 1 aliphatic rings. The molecule has 66 valence electrons. The molecule has 0 spiro atoms. The van der Waals surface area contributed by atoms with Crippen molar-refractivity contribution in [3.8, 4) is 0 Å². The van der Waals surface area contributed by atoms with Gasteiger partial charge in [0.05, 0.1) is 12.1 Å². The third-order valence-corrected chi connectivity index (χ3v) is 2.17. The Labute approximate surface area is 70.4 Å². The van der Waals surface area contributed by atoms with Gasteiger partial charge in [0.25, 0.3) is 0 Å². The lowest BCUT2D eigenvalue weighted by Crippen LogP contribution is -2.17. The summed E-state index contributed by atoms with van der Waals surface area (Å²) in [7, 11) is 1.90. The van der Waals surface area contributed by atoms with E-state index in [2.05, 4.69) is 15.5 Å². The summed E-state index contributed by atoms with van der Waals surface area (Å²) in [6.07, 6.45) is 2.15. The van der Waals surface area contributed by atoms with Gasteiger partial charge in [-0.1, -0.05) is 0 Å². The average molecular weight is 168 g/mol. The SMILES string of the molecule is Cn1cnnc1[C@@H]1CC(O)CN1. The van der Waals surface area contributed by atoms with Crippen LogP contribution in [0, 0.1) is 0 Å². The lowest BCUT2D eigenvalue weighted by Gasteiger charge is -2.07. The van der Waals surface area contributed by atoms with Crippen LogP contribution in [0.15, 0.2) is 6.33 Å². The van der Waals surface area contributed by atoms with E-state index in [0.717, 1.165) is 12.2 Å². The van der Waals surface area contributed by atoms with Gasteiger partial charge in [0, 0.05) is 13.6 Å². The van der Waals surface area contributed by atoms with Gasteiger partial charge in [-0.25, -0.2) is 0 Å². The minimum Gasteiger partial charge on any atom is -0.392 e. The molecule has 0 bridgehead atoms. The molecule has 12 heavy (non-hydrogen) atoms. The molecule has 1 aromatic rings. The van der Waals surface area contributed by atoms with E-state index in [9.17, 15) is 5.11 Å². The summed E-state index contributed by atoms with van der Waals surface area (Å²) in [6, 6.07) is 0.160. The first-order chi connectivity index (χ1) is 5.77. The van der Waals surface area contributed by atoms with Crippen LogP contribution >= 0.6 is 0 Å². The minimum atomic E-state index is -0.244. The number of β-amino-alcohol motifs (C(OH)–C–C–N with tert-alkyl or cyclic N) is 1. The zero-order chi connectivity index (χ0) is 8.55. The van der Waals surface area contributed by atoms with Crippen molar-refractivity contribution >= 4 is 0 Å². The average Bonchev–Trinajstić information content (AvgIpc) is 2.58. The molecule has 1 unspecified atom stereocenters. The summed E-state index contributed by atoms with van der Waals surface area (Å²) in [5.74, 6) is 0.895. The van der Waals surface area contributed by atoms with E-state index in [-0.39, 0.29) is 12.1 Å². The molecule has 0 aromatic carbocycles. The van der Waals surface area contributed by atoms with Crippen molar-refractivity contribution in [3.63, 3.8) is 0 Å². The van der Waals surface area contributed by atoms with Gasteiger partial charge in [0.2, 0.25) is 0 Å². The molecule has 5 nitrogen and oxygen atoms in total. The van der Waals surface area contributed by atoms with E-state index in [1.165, 1.54) is 0 Å². The van der Waals surface area contributed by atoms with Crippen molar-refractivity contribution in [2.24, 2.45) is 7.05 Å². The normalized spacial score (nSPS) is 29.5. The molecule has 2 heterocycles. The topological polar surface area (TPSA) is 63.0 Å². The number of aliphatic hydroxyl groups is 1. The molecule has 2 N–H and O–H groups in total. The van der Waals surface area contributed by atoms with Gasteiger partial charge in [0.1, 0.15) is 12.2 Å². The molecular formula is C7H12N4O. The van der Waals surface area contributed by atoms with Gasteiger partial charge in [-0.2, -0.15) is 0 Å². The largest absolute Gasteiger partial charge is 0.392 e. The standard InChI is InChI=1S/C7H12N4O/c1-11-4-9-10-7(11)6-2-5(12)3-8-6/h4-6,8,12H,2-3H2,1H3/t5?,6-/m0/s1. The number of hydrogen-bond acceptors (Lipinski definition) is 4. The number of nitrogens with one attached hydrogen (secondary N) is 1. The predicted molar refractivity (Wildman–Crippen MR) is 42.4 cm³/mol. The molecule has 1 aromatic heterocycles. The maximum atomic E-state index is 9.27. The summed E-state index contributed by atoms with van der Waals surface area (Å²) >= 11 is 0. The van der Waals surface area contributed by atoms with Gasteiger partial charge in [-0.15, -0.1) is 10.2 Å². The van der Waals surface area contributed by atoms with E-state index in [1.807, 2.05) is 11.6 Å². The highest BCUT2D eigenvalue weighted by molar-refractivity contribution is 4.98. The molecular weight excluding hydrogens is 156 g/mol. The van der Waals surface area contributed by atoms with Crippen LogP contribution in [0.1, 0.15) is 18.3 Å². The molecule has 1 saturated heterocycles. The summed E-state index contributed by atoms with van der Waals surface area (Å²) < 4.78 is 1.87. The number of aliphatic hydroxyl groups excluding tert-OH is 1. The second kappa shape index (κ2) is 2.84. The number of aromatic nitrogens is 3. The number of rotatable bonds is 1. The Bertz CT molecular complexity index is 272. The molecule has 2 atom stereocenters. The van der Waals surface area contributed by atoms with Crippen molar-refractivity contribution in [1.82, 2.24) is 20.1 Å². The second-order valence-corrected chi connectivity index (χ2v) is 3.15. The van der Waals surface area contributed by atoms with Crippen LogP contribution in [0.5, 0.6) is 0 Å². The van der Waals surface area contributed by atoms with Gasteiger partial charge >= 0.3 is 0 Å². The summed E-state index contributed by atoms with van der Waals surface area (Å²) in [5, 5.41) is 20.2. The van der Waals surface area contributed by atoms with Gasteiger partial charge in [0.15, 0.2) is 0 Å². The van der Waals surface area contributed by atoms with Crippen molar-refractivity contribution in [2.45, 2.75) is 18.6 Å². The number of nitrogens with zero attached hydrogens (tertiary/aromatic N) is 3. The molecule has 1 aliphatic heterocycles. The van der Waals surface area contributed by atoms with E-state index >= 15 is 0 Å². The van der Waals surface area contributed by atoms with Crippen LogP contribution in [0.2, 0.25) is 0 Å². The Morgan fingerprint density at radius 1 is 1.75 bits per heavy atom. The lowest BCUT2D eigenvalue weighted by atomic mass is 10.2. The van der Waals surface area contributed by atoms with E-state index in [1.54, 1.807) is 6.33 Å². The summed E-state index contributed by atoms with van der Waals surface area (Å²) in [6.45, 7) is 0.650. The second-order valence-electron chi connectivity index (χ2n) is 3.15. The van der Waals surface area contributed by atoms with Crippen molar-refractivity contribution in [2.75, 3.05) is 6.54 Å². The van der Waals surface area contributed by atoms with Crippen LogP contribution in [0.3, 0.4) is 0 Å². The molecule has 2 rings (SSSR count). The zero-order valence-electron chi connectivity index (χ0n) is 6.94. The van der Waals surface area contributed by atoms with Crippen molar-refractivity contribution in [3.05, 3.63) is 12.2 Å². The molecule has 1 fully saturated rings. The van der Waals surface area contributed by atoms with Crippen molar-refractivity contribution < 1.29 is 5.11 Å². The Morgan fingerprint density at radius 3 is 3.08 bits per heavy atom. The van der Waals surface area contributed by atoms with Crippen molar-refractivity contribution in [1.29, 1.82) is 0 Å². The fraction of sp³-hybridized carbons (Fsp3) is 0.714. The first-order valence-electron chi connectivity index (χ1n) is 4.02. The maximum Gasteiger partial charge on any atom is 0.149 e. The quantitative estimate of drug-likeness (QED) is 0.577. The summed E-state index contributed by atoms with van der Waals surface area (Å²) in [4.78, 5) is 0. The Morgan fingerprint density at radius 2 is 2.58 bits per heavy atom. The highest BCUT2D eigenvalue weighted by Gasteiger charge is 2.26. The maximum absolute atomic E-state index is 9.27. The molecule has 0 saturated carbocycles. The number of aryl methyl sites for hydroxylation is 1. The van der Waals surface area contributed by atoms with Crippen LogP contribution < -0.4 is 5.32 Å². The fourth-order valence-electron chi connectivity index (χ4n) is 1.52. The molecule has 0 radical (unpaired) electrons. The monoisotopic (exact) mass is 168 g/mol. The number of hydrogen-bond donors (Lipinski definition) is 2. The third-order valence-electron chi connectivity index (χ3n) is 2.17. The van der Waals surface area contributed by atoms with Crippen LogP contribution in [0.25, 0.3) is 0 Å². The van der Waals surface area contributed by atoms with E-state index in [4.69, 9.17) is 0 Å². The Balaban J connectivity index is 2.16. The lowest BCUT2D eigenvalue weighted by molar-refractivity contribution is 0.193. The third kappa shape index (κ3) is 1.21. The Hall–Kier alpha value is -0.940. The molecule has 0 amide bonds. The van der Waals surface area contributed by atoms with Crippen LogP contribution in [0.4, 0.5) is 0 Å². The first kappa shape index (κ1) is 7.70. The smallest absolute Gasteiger partial charge is 0.149 e. The van der Waals surface area contributed by atoms with E-state index < -0.39 is 0 Å². The fourth-order valence-corrected chi connectivity index (χ4v) is 1.52. The van der Waals surface area contributed by atoms with E-state index in [0.29, 0.717) is 6.54 Å². The van der Waals surface area contributed by atoms with Gasteiger partial charge in [-0.05, 0) is 6.42 Å². The molecule has 0 aliphatic carbocycles. The van der Waals surface area contributed by atoms with Gasteiger partial charge < -0.3 is 15.0 Å². The van der Waals surface area contributed by atoms with Gasteiger partial charge in [-0.3, -0.25) is 0 Å². The van der Waals surface area contributed by atoms with Crippen LogP contribution in [-0.2, 0) is 7.05 Å². The van der Waals surface area contributed by atoms with Crippen LogP contribution in [-0.4, -0.2) is 32.5 Å². The summed E-state index contributed by atoms with van der Waals surface area (Å²) in [5.41, 5.74) is 0.